The summed E-state index contributed by atoms with van der Waals surface area (Å²) in [6, 6.07) is 7.15. The molecular formula is C18H14BrF3N2O. The molecule has 0 aliphatic heterocycles. The molecular weight excluding hydrogens is 397 g/mol. The molecule has 3 nitrogen and oxygen atoms in total. The maximum Gasteiger partial charge on any atom is 0.134 e. The van der Waals surface area contributed by atoms with Crippen LogP contribution in [0.4, 0.5) is 13.2 Å². The molecule has 0 spiro atoms. The second-order valence-electron chi connectivity index (χ2n) is 5.66. The molecule has 1 aromatic heterocycles. The number of nitrogens with zero attached hydrogens (tertiary/aromatic N) is 2. The molecule has 2 aromatic carbocycles. The van der Waals surface area contributed by atoms with Crippen LogP contribution in [0, 0.1) is 24.4 Å². The third-order valence-corrected chi connectivity index (χ3v) is 4.67. The Bertz CT molecular complexity index is 956. The molecule has 1 atom stereocenters. The summed E-state index contributed by atoms with van der Waals surface area (Å²) in [5.74, 6) is -1.89. The first kappa shape index (κ1) is 17.7. The highest BCUT2D eigenvalue weighted by Crippen LogP contribution is 2.37. The predicted octanol–water partition coefficient (Wildman–Crippen LogP) is 4.66. The van der Waals surface area contributed by atoms with Crippen molar-refractivity contribution in [2.45, 2.75) is 13.0 Å². The maximum atomic E-state index is 14.3. The predicted molar refractivity (Wildman–Crippen MR) is 91.5 cm³/mol. The lowest BCUT2D eigenvalue weighted by Gasteiger charge is -2.16. The number of aliphatic hydroxyl groups is 1. The molecule has 3 aromatic rings. The summed E-state index contributed by atoms with van der Waals surface area (Å²) in [6.07, 6.45) is -1.18. The topological polar surface area (TPSA) is 38.0 Å². The van der Waals surface area contributed by atoms with Gasteiger partial charge in [-0.25, -0.2) is 13.2 Å². The fraction of sp³-hybridized carbons (Fsp3) is 0.167. The van der Waals surface area contributed by atoms with Gasteiger partial charge in [0.15, 0.2) is 0 Å². The smallest absolute Gasteiger partial charge is 0.134 e. The van der Waals surface area contributed by atoms with Crippen molar-refractivity contribution in [3.8, 4) is 11.1 Å². The van der Waals surface area contributed by atoms with Crippen molar-refractivity contribution in [1.29, 1.82) is 0 Å². The minimum absolute atomic E-state index is 0.138. The van der Waals surface area contributed by atoms with Crippen molar-refractivity contribution >= 4 is 15.9 Å². The van der Waals surface area contributed by atoms with Gasteiger partial charge in [0, 0.05) is 34.3 Å². The summed E-state index contributed by atoms with van der Waals surface area (Å²) >= 11 is 3.23. The van der Waals surface area contributed by atoms with Crippen LogP contribution in [0.1, 0.15) is 23.1 Å². The van der Waals surface area contributed by atoms with Gasteiger partial charge in [-0.3, -0.25) is 4.68 Å². The van der Waals surface area contributed by atoms with E-state index in [0.717, 1.165) is 12.1 Å². The molecule has 1 N–H and O–H groups in total. The minimum Gasteiger partial charge on any atom is -0.382 e. The van der Waals surface area contributed by atoms with Gasteiger partial charge < -0.3 is 5.11 Å². The lowest BCUT2D eigenvalue weighted by Crippen LogP contribution is -2.09. The van der Waals surface area contributed by atoms with Crippen LogP contribution in [0.15, 0.2) is 40.9 Å². The van der Waals surface area contributed by atoms with E-state index in [4.69, 9.17) is 0 Å². The average Bonchev–Trinajstić information content (AvgIpc) is 2.81. The number of hydrogen-bond donors (Lipinski definition) is 1. The minimum atomic E-state index is -1.18. The number of aliphatic hydroxyl groups excluding tert-OH is 1. The molecule has 0 bridgehead atoms. The first-order valence-corrected chi connectivity index (χ1v) is 8.20. The summed E-state index contributed by atoms with van der Waals surface area (Å²) in [5, 5.41) is 15.1. The number of halogens is 4. The highest BCUT2D eigenvalue weighted by molar-refractivity contribution is 9.10. The van der Waals surface area contributed by atoms with Gasteiger partial charge in [0.05, 0.1) is 11.4 Å². The molecule has 0 aliphatic carbocycles. The molecule has 1 heterocycles. The molecule has 0 saturated heterocycles. The van der Waals surface area contributed by atoms with Gasteiger partial charge in [-0.2, -0.15) is 5.10 Å². The summed E-state index contributed by atoms with van der Waals surface area (Å²) in [5.41, 5.74) is 1.74. The van der Waals surface area contributed by atoms with E-state index >= 15 is 0 Å². The monoisotopic (exact) mass is 410 g/mol. The van der Waals surface area contributed by atoms with Crippen LogP contribution in [-0.2, 0) is 7.05 Å². The second kappa shape index (κ2) is 6.65. The Morgan fingerprint density at radius 2 is 1.72 bits per heavy atom. The molecule has 0 fully saturated rings. The summed E-state index contributed by atoms with van der Waals surface area (Å²) < 4.78 is 42.7. The molecule has 0 aliphatic rings. The Labute approximate surface area is 150 Å². The van der Waals surface area contributed by atoms with Crippen LogP contribution < -0.4 is 0 Å². The largest absolute Gasteiger partial charge is 0.382 e. The van der Waals surface area contributed by atoms with E-state index in [0.29, 0.717) is 27.0 Å². The molecule has 0 saturated carbocycles. The average molecular weight is 411 g/mol. The number of aryl methyl sites for hydroxylation is 2. The van der Waals surface area contributed by atoms with E-state index in [1.807, 2.05) is 0 Å². The molecule has 7 heteroatoms. The normalized spacial score (nSPS) is 12.4. The van der Waals surface area contributed by atoms with Gasteiger partial charge in [-0.15, -0.1) is 0 Å². The molecule has 0 amide bonds. The maximum absolute atomic E-state index is 14.3. The van der Waals surface area contributed by atoms with Gasteiger partial charge in [-0.1, -0.05) is 22.0 Å². The Balaban J connectivity index is 2.20. The van der Waals surface area contributed by atoms with E-state index in [-0.39, 0.29) is 5.56 Å². The molecule has 1 unspecified atom stereocenters. The fourth-order valence-corrected chi connectivity index (χ4v) is 3.45. The van der Waals surface area contributed by atoms with Gasteiger partial charge in [0.1, 0.15) is 23.6 Å². The van der Waals surface area contributed by atoms with Crippen LogP contribution in [0.3, 0.4) is 0 Å². The lowest BCUT2D eigenvalue weighted by atomic mass is 9.96. The number of hydrogen-bond acceptors (Lipinski definition) is 2. The molecule has 0 radical (unpaired) electrons. The van der Waals surface area contributed by atoms with Crippen LogP contribution in [0.25, 0.3) is 11.1 Å². The van der Waals surface area contributed by atoms with E-state index < -0.39 is 23.6 Å². The molecule has 130 valence electrons. The SMILES string of the molecule is Cc1nn(C)c(C(O)c2ccc(F)cc2Br)c1-c1ccc(F)cc1F. The Kier molecular flexibility index (Phi) is 4.71. The highest BCUT2D eigenvalue weighted by atomic mass is 79.9. The summed E-state index contributed by atoms with van der Waals surface area (Å²) in [7, 11) is 1.62. The van der Waals surface area contributed by atoms with E-state index in [9.17, 15) is 18.3 Å². The number of benzene rings is 2. The standard InChI is InChI=1S/C18H14BrF3N2O/c1-9-16(13-6-4-11(21)8-15(13)22)17(24(2)23-9)18(25)12-5-3-10(20)7-14(12)19/h3-8,18,25H,1-2H3. The van der Waals surface area contributed by atoms with Gasteiger partial charge >= 0.3 is 0 Å². The lowest BCUT2D eigenvalue weighted by molar-refractivity contribution is 0.209. The van der Waals surface area contributed by atoms with Crippen LogP contribution >= 0.6 is 15.9 Å². The molecule has 25 heavy (non-hydrogen) atoms. The van der Waals surface area contributed by atoms with Crippen molar-refractivity contribution < 1.29 is 18.3 Å². The Morgan fingerprint density at radius 3 is 2.36 bits per heavy atom. The Morgan fingerprint density at radius 1 is 1.08 bits per heavy atom. The summed E-state index contributed by atoms with van der Waals surface area (Å²) in [6.45, 7) is 1.67. The summed E-state index contributed by atoms with van der Waals surface area (Å²) in [4.78, 5) is 0. The number of rotatable bonds is 3. The van der Waals surface area contributed by atoms with Gasteiger partial charge in [-0.05, 0) is 31.2 Å². The van der Waals surface area contributed by atoms with E-state index in [1.54, 1.807) is 14.0 Å². The second-order valence-corrected chi connectivity index (χ2v) is 6.52. The van der Waals surface area contributed by atoms with Crippen molar-refractivity contribution in [1.82, 2.24) is 9.78 Å². The van der Waals surface area contributed by atoms with Crippen molar-refractivity contribution in [2.75, 3.05) is 0 Å². The zero-order valence-electron chi connectivity index (χ0n) is 13.4. The van der Waals surface area contributed by atoms with Gasteiger partial charge in [0.25, 0.3) is 0 Å². The number of aromatic nitrogens is 2. The Hall–Kier alpha value is -2.12. The van der Waals surface area contributed by atoms with Gasteiger partial charge in [0.2, 0.25) is 0 Å². The fourth-order valence-electron chi connectivity index (χ4n) is 2.89. The zero-order valence-corrected chi connectivity index (χ0v) is 15.0. The third kappa shape index (κ3) is 3.21. The van der Waals surface area contributed by atoms with Crippen molar-refractivity contribution in [2.24, 2.45) is 7.05 Å². The van der Waals surface area contributed by atoms with E-state index in [1.165, 1.54) is 28.9 Å². The molecule has 3 rings (SSSR count). The van der Waals surface area contributed by atoms with Crippen molar-refractivity contribution in [3.05, 3.63) is 75.3 Å². The first-order valence-electron chi connectivity index (χ1n) is 7.41. The van der Waals surface area contributed by atoms with Crippen molar-refractivity contribution in [3.63, 3.8) is 0 Å². The van der Waals surface area contributed by atoms with E-state index in [2.05, 4.69) is 21.0 Å². The van der Waals surface area contributed by atoms with Crippen LogP contribution in [0.5, 0.6) is 0 Å². The first-order chi connectivity index (χ1) is 11.8. The zero-order chi connectivity index (χ0) is 18.3. The third-order valence-electron chi connectivity index (χ3n) is 3.98. The van der Waals surface area contributed by atoms with Crippen LogP contribution in [-0.4, -0.2) is 14.9 Å². The quantitative estimate of drug-likeness (QED) is 0.681. The highest BCUT2D eigenvalue weighted by Gasteiger charge is 2.26. The van der Waals surface area contributed by atoms with Crippen LogP contribution in [0.2, 0.25) is 0 Å².